The lowest BCUT2D eigenvalue weighted by molar-refractivity contribution is -0.274. The van der Waals surface area contributed by atoms with Gasteiger partial charge in [-0.15, -0.1) is 13.2 Å². The summed E-state index contributed by atoms with van der Waals surface area (Å²) in [7, 11) is -2.37. The van der Waals surface area contributed by atoms with Gasteiger partial charge in [-0.2, -0.15) is 13.4 Å². The smallest absolute Gasteiger partial charge is 0.406 e. The lowest BCUT2D eigenvalue weighted by atomic mass is 10.2. The lowest BCUT2D eigenvalue weighted by Crippen LogP contribution is -2.18. The summed E-state index contributed by atoms with van der Waals surface area (Å²) in [6, 6.07) is 9.90. The van der Waals surface area contributed by atoms with Crippen LogP contribution in [0.1, 0.15) is 23.7 Å². The summed E-state index contributed by atoms with van der Waals surface area (Å²) in [6.07, 6.45) is -4.71. The number of benzene rings is 2. The Labute approximate surface area is 184 Å². The van der Waals surface area contributed by atoms with Gasteiger partial charge in [-0.05, 0) is 43.3 Å². The highest BCUT2D eigenvalue weighted by atomic mass is 35.5. The lowest BCUT2D eigenvalue weighted by Gasteiger charge is -2.09. The Morgan fingerprint density at radius 3 is 2.61 bits per heavy atom. The Morgan fingerprint density at radius 2 is 1.97 bits per heavy atom. The van der Waals surface area contributed by atoms with E-state index in [0.717, 1.165) is 17.4 Å². The number of aryl methyl sites for hydroxylation is 1. The Kier molecular flexibility index (Phi) is 6.87. The Bertz CT molecular complexity index is 1350. The third-order valence-corrected chi connectivity index (χ3v) is 6.18. The maximum absolute atomic E-state index is 12.6. The molecule has 2 aromatic carbocycles. The number of hydrogen-bond donors (Lipinski definition) is 0. The summed E-state index contributed by atoms with van der Waals surface area (Å²) in [5.74, 6) is -1.01. The first kappa shape index (κ1) is 23.0. The standard InChI is InChI=1S/C19H14ClF3N2O4S2/c1-11(31(27)28)7-8-25-15-6-5-14(29-19(21,22)23)10-16(15)30-18(25)24-17(26)12-3-2-4-13(20)9-12/h2-6,9-10H,7-8H2,1H3. The predicted octanol–water partition coefficient (Wildman–Crippen LogP) is 4.46. The van der Waals surface area contributed by atoms with Crippen LogP contribution in [-0.4, -0.2) is 30.1 Å². The highest BCUT2D eigenvalue weighted by molar-refractivity contribution is 7.72. The first-order valence-corrected chi connectivity index (χ1v) is 11.0. The van der Waals surface area contributed by atoms with Crippen LogP contribution in [0.25, 0.3) is 10.2 Å². The van der Waals surface area contributed by atoms with Crippen molar-refractivity contribution in [2.45, 2.75) is 26.3 Å². The summed E-state index contributed by atoms with van der Waals surface area (Å²) in [6.45, 7) is 1.60. The maximum Gasteiger partial charge on any atom is 0.573 e. The molecule has 0 radical (unpaired) electrons. The van der Waals surface area contributed by atoms with Crippen molar-refractivity contribution >= 4 is 54.2 Å². The molecule has 0 atom stereocenters. The van der Waals surface area contributed by atoms with Gasteiger partial charge in [0.25, 0.3) is 5.91 Å². The van der Waals surface area contributed by atoms with Gasteiger partial charge in [-0.3, -0.25) is 4.79 Å². The molecule has 0 aliphatic rings. The van der Waals surface area contributed by atoms with Gasteiger partial charge in [0, 0.05) is 28.4 Å². The minimum absolute atomic E-state index is 0.140. The van der Waals surface area contributed by atoms with Crippen molar-refractivity contribution in [1.82, 2.24) is 4.57 Å². The van der Waals surface area contributed by atoms with E-state index in [1.54, 1.807) is 16.7 Å². The Hall–Kier alpha value is -2.63. The molecular formula is C19H14ClF3N2O4S2. The third-order valence-electron chi connectivity index (χ3n) is 4.13. The topological polar surface area (TPSA) is 77.7 Å². The van der Waals surface area contributed by atoms with Crippen LogP contribution in [0.5, 0.6) is 5.75 Å². The molecule has 31 heavy (non-hydrogen) atoms. The molecule has 0 bridgehead atoms. The number of rotatable bonds is 5. The summed E-state index contributed by atoms with van der Waals surface area (Å²) in [4.78, 5) is 17.1. The molecule has 0 aliphatic carbocycles. The number of hydrogen-bond acceptors (Lipinski definition) is 5. The molecule has 0 saturated heterocycles. The van der Waals surface area contributed by atoms with Crippen LogP contribution < -0.4 is 9.54 Å². The van der Waals surface area contributed by atoms with Crippen molar-refractivity contribution < 1.29 is 31.1 Å². The van der Waals surface area contributed by atoms with Crippen molar-refractivity contribution in [3.63, 3.8) is 0 Å². The van der Waals surface area contributed by atoms with Crippen molar-refractivity contribution in [1.29, 1.82) is 0 Å². The van der Waals surface area contributed by atoms with Gasteiger partial charge in [-0.25, -0.2) is 0 Å². The summed E-state index contributed by atoms with van der Waals surface area (Å²) in [5, 5.41) is 0.349. The van der Waals surface area contributed by atoms with Gasteiger partial charge in [0.15, 0.2) is 4.80 Å². The van der Waals surface area contributed by atoms with Crippen molar-refractivity contribution in [3.05, 3.63) is 57.9 Å². The molecule has 0 saturated carbocycles. The van der Waals surface area contributed by atoms with Crippen molar-refractivity contribution in [2.75, 3.05) is 0 Å². The van der Waals surface area contributed by atoms with Crippen molar-refractivity contribution in [2.24, 2.45) is 4.99 Å². The zero-order chi connectivity index (χ0) is 22.8. The van der Waals surface area contributed by atoms with E-state index >= 15 is 0 Å². The molecule has 164 valence electrons. The van der Waals surface area contributed by atoms with Crippen LogP contribution in [-0.2, 0) is 16.8 Å². The van der Waals surface area contributed by atoms with Crippen LogP contribution in [0.3, 0.4) is 0 Å². The predicted molar refractivity (Wildman–Crippen MR) is 112 cm³/mol. The number of alkyl halides is 3. The largest absolute Gasteiger partial charge is 0.573 e. The van der Waals surface area contributed by atoms with E-state index in [9.17, 15) is 26.4 Å². The van der Waals surface area contributed by atoms with Crippen LogP contribution in [0, 0.1) is 0 Å². The number of aromatic nitrogens is 1. The average molecular weight is 491 g/mol. The van der Waals surface area contributed by atoms with E-state index in [2.05, 4.69) is 9.73 Å². The second-order valence-electron chi connectivity index (χ2n) is 6.33. The third kappa shape index (κ3) is 5.96. The summed E-state index contributed by atoms with van der Waals surface area (Å²) in [5.41, 5.74) is 0.725. The number of ether oxygens (including phenoxy) is 1. The van der Waals surface area contributed by atoms with Gasteiger partial charge in [-0.1, -0.05) is 29.0 Å². The molecule has 12 heteroatoms. The zero-order valence-electron chi connectivity index (χ0n) is 15.8. The van der Waals surface area contributed by atoms with Gasteiger partial charge in [0.05, 0.1) is 10.2 Å². The van der Waals surface area contributed by atoms with Gasteiger partial charge in [0.1, 0.15) is 5.75 Å². The first-order valence-electron chi connectivity index (χ1n) is 8.69. The van der Waals surface area contributed by atoms with E-state index in [4.69, 9.17) is 11.6 Å². The van der Waals surface area contributed by atoms with Crippen LogP contribution >= 0.6 is 22.9 Å². The zero-order valence-corrected chi connectivity index (χ0v) is 18.2. The molecule has 0 spiro atoms. The fourth-order valence-electron chi connectivity index (χ4n) is 2.68. The molecule has 1 amide bonds. The number of fused-ring (bicyclic) bond motifs is 1. The van der Waals surface area contributed by atoms with Gasteiger partial charge < -0.3 is 9.30 Å². The van der Waals surface area contributed by atoms with Crippen LogP contribution in [0.2, 0.25) is 5.02 Å². The molecule has 3 aromatic rings. The first-order chi connectivity index (χ1) is 14.5. The average Bonchev–Trinajstić information content (AvgIpc) is 3.00. The van der Waals surface area contributed by atoms with E-state index < -0.39 is 28.3 Å². The number of nitrogens with zero attached hydrogens (tertiary/aromatic N) is 2. The molecule has 0 aliphatic heterocycles. The molecule has 0 fully saturated rings. The number of halogens is 4. The van der Waals surface area contributed by atoms with E-state index in [0.29, 0.717) is 15.2 Å². The molecule has 3 rings (SSSR count). The molecule has 1 aromatic heterocycles. The highest BCUT2D eigenvalue weighted by Gasteiger charge is 2.31. The fraction of sp³-hybridized carbons (Fsp3) is 0.211. The SMILES string of the molecule is CC(CCn1c(=NC(=O)c2cccc(Cl)c2)sc2cc(OC(F)(F)F)ccc21)=S(=O)=O. The normalized spacial score (nSPS) is 12.2. The Balaban J connectivity index is 2.11. The van der Waals surface area contributed by atoms with E-state index in [-0.39, 0.29) is 28.2 Å². The second kappa shape index (κ2) is 9.25. The quantitative estimate of drug-likeness (QED) is 0.495. The number of carbonyl (C=O) groups excluding carboxylic acids is 1. The number of amides is 1. The minimum Gasteiger partial charge on any atom is -0.406 e. The molecule has 0 unspecified atom stereocenters. The van der Waals surface area contributed by atoms with Gasteiger partial charge in [0.2, 0.25) is 10.3 Å². The minimum atomic E-state index is -4.85. The second-order valence-corrected chi connectivity index (χ2v) is 8.94. The Morgan fingerprint density at radius 1 is 1.23 bits per heavy atom. The van der Waals surface area contributed by atoms with Crippen molar-refractivity contribution in [3.8, 4) is 5.75 Å². The molecule has 1 heterocycles. The summed E-state index contributed by atoms with van der Waals surface area (Å²) < 4.78 is 65.8. The fourth-order valence-corrected chi connectivity index (χ4v) is 4.21. The number of thiazole rings is 1. The molecule has 0 N–H and O–H groups in total. The van der Waals surface area contributed by atoms with E-state index in [1.165, 1.54) is 31.2 Å². The highest BCUT2D eigenvalue weighted by Crippen LogP contribution is 2.28. The van der Waals surface area contributed by atoms with Crippen LogP contribution in [0.4, 0.5) is 13.2 Å². The van der Waals surface area contributed by atoms with E-state index in [1.807, 2.05) is 0 Å². The maximum atomic E-state index is 12.6. The summed E-state index contributed by atoms with van der Waals surface area (Å²) >= 11 is 6.89. The van der Waals surface area contributed by atoms with Gasteiger partial charge >= 0.3 is 6.36 Å². The monoisotopic (exact) mass is 490 g/mol. The van der Waals surface area contributed by atoms with Crippen LogP contribution in [0.15, 0.2) is 47.5 Å². The molecular weight excluding hydrogens is 477 g/mol. The number of carbonyl (C=O) groups is 1. The molecule has 6 nitrogen and oxygen atoms in total.